The second-order valence-electron chi connectivity index (χ2n) is 30.5. The molecule has 1 amide bonds. The number of hydrogen-bond acceptors (Lipinski definition) is 16. The van der Waals surface area contributed by atoms with Crippen LogP contribution in [0.3, 0.4) is 0 Å². The van der Waals surface area contributed by atoms with E-state index in [0.717, 1.165) is 210 Å². The maximum atomic E-state index is 14.1. The van der Waals surface area contributed by atoms with Gasteiger partial charge in [0.05, 0.1) is 78.3 Å². The highest BCUT2D eigenvalue weighted by atomic mass is 16.6. The number of rotatable bonds is 62. The van der Waals surface area contributed by atoms with Gasteiger partial charge in [0.15, 0.2) is 11.5 Å². The summed E-state index contributed by atoms with van der Waals surface area (Å²) in [6, 6.07) is 20.3. The number of hydrogen-bond donors (Lipinski definition) is 1. The van der Waals surface area contributed by atoms with Crippen LogP contribution in [0, 0.1) is 68.3 Å². The van der Waals surface area contributed by atoms with Crippen LogP contribution in [0.1, 0.15) is 340 Å². The van der Waals surface area contributed by atoms with E-state index in [9.17, 15) is 25.4 Å². The van der Waals surface area contributed by atoms with Crippen LogP contribution in [-0.4, -0.2) is 70.0 Å². The molecule has 0 aliphatic rings. The molecule has 0 radical (unpaired) electrons. The molecular formula is C92H150N10O8. The van der Waals surface area contributed by atoms with Gasteiger partial charge in [-0.1, -0.05) is 258 Å². The van der Waals surface area contributed by atoms with Crippen molar-refractivity contribution in [1.29, 1.82) is 10.5 Å². The number of nitriles is 2. The fraction of sp³-hybridized carbons (Fsp3) is 0.707. The molecule has 0 aliphatic carbocycles. The lowest BCUT2D eigenvalue weighted by Crippen LogP contribution is -2.27. The number of carbonyl (C=O) groups is 1. The minimum absolute atomic E-state index is 0.0393. The van der Waals surface area contributed by atoms with Crippen molar-refractivity contribution in [3.05, 3.63) is 75.8 Å². The highest BCUT2D eigenvalue weighted by Crippen LogP contribution is 2.46. The van der Waals surface area contributed by atoms with E-state index in [-0.39, 0.29) is 40.8 Å². The van der Waals surface area contributed by atoms with Crippen LogP contribution in [0.5, 0.6) is 28.7 Å². The molecule has 18 heteroatoms. The lowest BCUT2D eigenvalue weighted by molar-refractivity contribution is -0.386. The van der Waals surface area contributed by atoms with Gasteiger partial charge in [-0.2, -0.15) is 10.5 Å². The zero-order valence-electron chi connectivity index (χ0n) is 71.9. The Morgan fingerprint density at radius 3 is 1.15 bits per heavy atom. The van der Waals surface area contributed by atoms with Crippen molar-refractivity contribution in [2.75, 3.05) is 74.3 Å². The molecule has 6 atom stereocenters. The molecule has 18 nitrogen and oxygen atoms in total. The van der Waals surface area contributed by atoms with Crippen LogP contribution in [-0.2, 0) is 4.79 Å². The molecule has 0 spiro atoms. The highest BCUT2D eigenvalue weighted by molar-refractivity contribution is 5.96. The van der Waals surface area contributed by atoms with E-state index in [0.29, 0.717) is 102 Å². The standard InChI is InChI=1S/C52H89N5O6.C40H61N5O2/c1-11-21-27-40(17-7)37-61-49-36-48(57(59)60)51(63-39-42(19-9)29-23-13-3)35-46(49)55-54-45-34-50(62-38-41(18-8)28-22-12-2)47(56(31-25-15-5)32-26-16-6)33-44(45)53-52(58)43(20-10)30-24-14-4;1-7-13-17-23-45(24-18-14-8-2)38-27-39(46-30-32(11-5)19-15-9-3)37(26-40(38)47-31-33(12-6)20-16-10-4)44-43-36-22-21-34(28-41)25-35(36)29-42/h33-36,40-43H,11-32,37-39H2,1-10H3,(H,53,58);21-22,25-27,32-33H,7-20,23-24,30-31H2,1-6H3. The van der Waals surface area contributed by atoms with Gasteiger partial charge in [-0.3, -0.25) is 14.9 Å². The number of azo groups is 2. The first-order valence-corrected chi connectivity index (χ1v) is 44.0. The first-order valence-electron chi connectivity index (χ1n) is 44.0. The topological polar surface area (TPSA) is 222 Å². The summed E-state index contributed by atoms with van der Waals surface area (Å²) in [4.78, 5) is 31.1. The van der Waals surface area contributed by atoms with Gasteiger partial charge in [-0.15, -0.1) is 20.5 Å². The van der Waals surface area contributed by atoms with Crippen LogP contribution in [0.25, 0.3) is 0 Å². The summed E-state index contributed by atoms with van der Waals surface area (Å²) in [5.41, 5.74) is 4.94. The molecular weight excluding hydrogens is 1370 g/mol. The Kier molecular flexibility index (Phi) is 52.2. The van der Waals surface area contributed by atoms with Crippen LogP contribution in [0.4, 0.5) is 45.5 Å². The molecule has 0 saturated heterocycles. The smallest absolute Gasteiger partial charge is 0.314 e. The van der Waals surface area contributed by atoms with E-state index in [2.05, 4.69) is 154 Å². The van der Waals surface area contributed by atoms with Crippen LogP contribution in [0.15, 0.2) is 75.1 Å². The number of amides is 1. The van der Waals surface area contributed by atoms with Crippen molar-refractivity contribution in [2.45, 2.75) is 329 Å². The predicted molar refractivity (Wildman–Crippen MR) is 459 cm³/mol. The number of carbonyl (C=O) groups excluding carboxylic acids is 1. The zero-order chi connectivity index (χ0) is 80.7. The number of benzene rings is 4. The van der Waals surface area contributed by atoms with Crippen molar-refractivity contribution in [3.63, 3.8) is 0 Å². The Balaban J connectivity index is 0.000000595. The van der Waals surface area contributed by atoms with Gasteiger partial charge in [0.2, 0.25) is 5.91 Å². The van der Waals surface area contributed by atoms with E-state index < -0.39 is 4.92 Å². The number of nitro benzene ring substituents is 1. The molecule has 0 fully saturated rings. The van der Waals surface area contributed by atoms with Crippen molar-refractivity contribution < 1.29 is 33.4 Å². The van der Waals surface area contributed by atoms with Crippen LogP contribution in [0.2, 0.25) is 0 Å². The number of nitro groups is 1. The van der Waals surface area contributed by atoms with Crippen molar-refractivity contribution >= 4 is 51.4 Å². The summed E-state index contributed by atoms with van der Waals surface area (Å²) < 4.78 is 32.9. The molecule has 6 unspecified atom stereocenters. The van der Waals surface area contributed by atoms with E-state index >= 15 is 0 Å². The van der Waals surface area contributed by atoms with Gasteiger partial charge in [0.25, 0.3) is 0 Å². The third kappa shape index (κ3) is 35.9. The molecule has 0 saturated carbocycles. The monoisotopic (exact) mass is 1520 g/mol. The van der Waals surface area contributed by atoms with Gasteiger partial charge >= 0.3 is 5.69 Å². The van der Waals surface area contributed by atoms with E-state index in [4.69, 9.17) is 33.9 Å². The molecule has 1 N–H and O–H groups in total. The van der Waals surface area contributed by atoms with Crippen LogP contribution >= 0.6 is 0 Å². The lowest BCUT2D eigenvalue weighted by Gasteiger charge is -2.29. The molecule has 4 rings (SSSR count). The summed E-state index contributed by atoms with van der Waals surface area (Å²) in [5.74, 6) is 4.35. The maximum absolute atomic E-state index is 14.1. The van der Waals surface area contributed by atoms with Gasteiger partial charge in [0, 0.05) is 56.4 Å². The lowest BCUT2D eigenvalue weighted by atomic mass is 9.98. The Morgan fingerprint density at radius 2 is 0.755 bits per heavy atom. The van der Waals surface area contributed by atoms with Crippen molar-refractivity contribution in [1.82, 2.24) is 0 Å². The van der Waals surface area contributed by atoms with Gasteiger partial charge < -0.3 is 38.8 Å². The summed E-state index contributed by atoms with van der Waals surface area (Å²) in [6.07, 6.45) is 36.3. The summed E-state index contributed by atoms with van der Waals surface area (Å²) in [6.45, 7) is 41.4. The first-order chi connectivity index (χ1) is 53.5. The molecule has 0 aliphatic heterocycles. The average Bonchev–Trinajstić information content (AvgIpc) is 0.797. The molecule has 4 aromatic carbocycles. The summed E-state index contributed by atoms with van der Waals surface area (Å²) in [5, 5.41) is 53.9. The normalized spacial score (nSPS) is 13.0. The molecule has 0 heterocycles. The Hall–Kier alpha value is -7.47. The molecule has 616 valence electrons. The maximum Gasteiger partial charge on any atom is 0.314 e. The fourth-order valence-corrected chi connectivity index (χ4v) is 13.4. The number of nitrogens with zero attached hydrogens (tertiary/aromatic N) is 9. The quantitative estimate of drug-likeness (QED) is 0.0189. The minimum Gasteiger partial charge on any atom is -0.491 e. The first kappa shape index (κ1) is 96.7. The third-order valence-electron chi connectivity index (χ3n) is 21.6. The molecule has 110 heavy (non-hydrogen) atoms. The van der Waals surface area contributed by atoms with E-state index in [1.54, 1.807) is 24.3 Å². The van der Waals surface area contributed by atoms with Gasteiger partial charge in [-0.05, 0) is 124 Å². The fourth-order valence-electron chi connectivity index (χ4n) is 13.4. The van der Waals surface area contributed by atoms with Gasteiger partial charge in [0.1, 0.15) is 46.1 Å². The minimum atomic E-state index is -0.407. The number of unbranched alkanes of at least 4 members (excludes halogenated alkanes) is 12. The Morgan fingerprint density at radius 1 is 0.400 bits per heavy atom. The van der Waals surface area contributed by atoms with Crippen molar-refractivity contribution in [2.24, 2.45) is 56.0 Å². The van der Waals surface area contributed by atoms with Crippen LogP contribution < -0.4 is 38.8 Å². The average molecular weight is 1520 g/mol. The molecule has 0 bridgehead atoms. The van der Waals surface area contributed by atoms with Crippen molar-refractivity contribution in [3.8, 4) is 40.9 Å². The Labute approximate surface area is 668 Å². The largest absolute Gasteiger partial charge is 0.491 e. The Bertz CT molecular complexity index is 3290. The second kappa shape index (κ2) is 59.3. The molecule has 4 aromatic rings. The number of nitrogens with one attached hydrogen (secondary N) is 1. The van der Waals surface area contributed by atoms with E-state index in [1.807, 2.05) is 18.2 Å². The summed E-state index contributed by atoms with van der Waals surface area (Å²) >= 11 is 0. The SMILES string of the molecule is CCCCC(CC)COc1cc([N+](=O)[O-])c(OCC(CC)CCCC)cc1N=Nc1cc(OCC(CC)CCCC)c(N(CCCC)CCCC)cc1NC(=O)C(CC)CCCC.CCCCCN(CCCCC)c1cc(OCC(CC)CCCC)c(N=Nc2ccc(C#N)cc2C#N)cc1OCC(CC)CCCC. The van der Waals surface area contributed by atoms with Gasteiger partial charge in [-0.25, -0.2) is 0 Å². The number of ether oxygens (including phenoxy) is 5. The second-order valence-corrected chi connectivity index (χ2v) is 30.5. The van der Waals surface area contributed by atoms with E-state index in [1.165, 1.54) is 57.4 Å². The predicted octanol–water partition coefficient (Wildman–Crippen LogP) is 28.6. The highest BCUT2D eigenvalue weighted by Gasteiger charge is 2.27. The molecule has 0 aromatic heterocycles. The zero-order valence-corrected chi connectivity index (χ0v) is 71.9. The third-order valence-corrected chi connectivity index (χ3v) is 21.6. The number of anilines is 3. The summed E-state index contributed by atoms with van der Waals surface area (Å²) in [7, 11) is 0.